The van der Waals surface area contributed by atoms with Gasteiger partial charge < -0.3 is 4.57 Å². The molecular formula is C29H25N. The topological polar surface area (TPSA) is 4.93 Å². The molecule has 1 atom stereocenters. The van der Waals surface area contributed by atoms with Crippen LogP contribution in [0.1, 0.15) is 30.4 Å². The lowest BCUT2D eigenvalue weighted by Gasteiger charge is -2.22. The SMILES string of the molecule is CC(CCn1c2ccccc2c2ccccc21)C1c2ccccc2-c2ccccc21. The summed E-state index contributed by atoms with van der Waals surface area (Å²) in [5.41, 5.74) is 8.52. The van der Waals surface area contributed by atoms with E-state index in [1.807, 2.05) is 0 Å². The third-order valence-electron chi connectivity index (χ3n) is 6.94. The van der Waals surface area contributed by atoms with Gasteiger partial charge in [0.15, 0.2) is 0 Å². The third-order valence-corrected chi connectivity index (χ3v) is 6.94. The molecule has 1 nitrogen and oxygen atoms in total. The number of aromatic nitrogens is 1. The van der Waals surface area contributed by atoms with Gasteiger partial charge in [-0.3, -0.25) is 0 Å². The zero-order chi connectivity index (χ0) is 20.1. The van der Waals surface area contributed by atoms with Gasteiger partial charge in [-0.1, -0.05) is 91.9 Å². The van der Waals surface area contributed by atoms with Crippen LogP contribution in [0.3, 0.4) is 0 Å². The quantitative estimate of drug-likeness (QED) is 0.299. The molecule has 0 fully saturated rings. The van der Waals surface area contributed by atoms with Gasteiger partial charge in [-0.25, -0.2) is 0 Å². The van der Waals surface area contributed by atoms with Crippen LogP contribution >= 0.6 is 0 Å². The van der Waals surface area contributed by atoms with Gasteiger partial charge >= 0.3 is 0 Å². The maximum absolute atomic E-state index is 2.52. The van der Waals surface area contributed by atoms with Crippen molar-refractivity contribution in [3.05, 3.63) is 108 Å². The first-order valence-corrected chi connectivity index (χ1v) is 11.0. The molecule has 0 bridgehead atoms. The fraction of sp³-hybridized carbons (Fsp3) is 0.172. The molecule has 146 valence electrons. The van der Waals surface area contributed by atoms with Crippen LogP contribution in [0, 0.1) is 5.92 Å². The van der Waals surface area contributed by atoms with E-state index in [0.29, 0.717) is 11.8 Å². The molecule has 0 spiro atoms. The van der Waals surface area contributed by atoms with Gasteiger partial charge in [0.05, 0.1) is 0 Å². The van der Waals surface area contributed by atoms with Gasteiger partial charge in [0.25, 0.3) is 0 Å². The minimum Gasteiger partial charge on any atom is -0.340 e. The first kappa shape index (κ1) is 17.5. The van der Waals surface area contributed by atoms with Crippen LogP contribution in [0.5, 0.6) is 0 Å². The lowest BCUT2D eigenvalue weighted by Crippen LogP contribution is -2.12. The predicted octanol–water partition coefficient (Wildman–Crippen LogP) is 7.63. The summed E-state index contributed by atoms with van der Waals surface area (Å²) in [4.78, 5) is 0. The third kappa shape index (κ3) is 2.55. The van der Waals surface area contributed by atoms with Crippen molar-refractivity contribution >= 4 is 21.8 Å². The predicted molar refractivity (Wildman–Crippen MR) is 127 cm³/mol. The van der Waals surface area contributed by atoms with Crippen LogP contribution in [0.25, 0.3) is 32.9 Å². The van der Waals surface area contributed by atoms with Crippen molar-refractivity contribution in [2.45, 2.75) is 25.8 Å². The average Bonchev–Trinajstić information content (AvgIpc) is 3.31. The summed E-state index contributed by atoms with van der Waals surface area (Å²) in [6, 6.07) is 35.6. The molecule has 1 aromatic heterocycles. The molecule has 0 radical (unpaired) electrons. The molecule has 0 aliphatic heterocycles. The number of hydrogen-bond donors (Lipinski definition) is 0. The lowest BCUT2D eigenvalue weighted by molar-refractivity contribution is 0.449. The van der Waals surface area contributed by atoms with Gasteiger partial charge in [-0.15, -0.1) is 0 Å². The summed E-state index contributed by atoms with van der Waals surface area (Å²) in [5.74, 6) is 1.04. The van der Waals surface area contributed by atoms with Gasteiger partial charge in [-0.2, -0.15) is 0 Å². The van der Waals surface area contributed by atoms with E-state index in [1.165, 1.54) is 44.1 Å². The number of benzene rings is 4. The maximum atomic E-state index is 2.52. The highest BCUT2D eigenvalue weighted by molar-refractivity contribution is 6.07. The minimum absolute atomic E-state index is 0.477. The Morgan fingerprint density at radius 1 is 0.633 bits per heavy atom. The number of aryl methyl sites for hydroxylation is 1. The highest BCUT2D eigenvalue weighted by Gasteiger charge is 2.31. The van der Waals surface area contributed by atoms with E-state index in [1.54, 1.807) is 0 Å². The summed E-state index contributed by atoms with van der Waals surface area (Å²) in [6.07, 6.45) is 1.15. The lowest BCUT2D eigenvalue weighted by atomic mass is 9.83. The Labute approximate surface area is 177 Å². The Morgan fingerprint density at radius 3 is 1.67 bits per heavy atom. The molecule has 30 heavy (non-hydrogen) atoms. The maximum Gasteiger partial charge on any atom is 0.0491 e. The zero-order valence-electron chi connectivity index (χ0n) is 17.3. The molecule has 0 saturated carbocycles. The fourth-order valence-corrected chi connectivity index (χ4v) is 5.55. The molecule has 1 unspecified atom stereocenters. The standard InChI is InChI=1S/C29H25N/c1-20(29-25-14-4-2-10-21(25)22-11-3-5-15-26(22)29)18-19-30-27-16-8-6-12-23(27)24-13-7-9-17-28(24)30/h2-17,20,29H,18-19H2,1H3. The van der Waals surface area contributed by atoms with Crippen LogP contribution in [0.4, 0.5) is 0 Å². The van der Waals surface area contributed by atoms with Crippen molar-refractivity contribution in [1.29, 1.82) is 0 Å². The Balaban J connectivity index is 1.38. The molecule has 1 heterocycles. The van der Waals surface area contributed by atoms with Crippen molar-refractivity contribution in [3.63, 3.8) is 0 Å². The van der Waals surface area contributed by atoms with Crippen molar-refractivity contribution in [2.24, 2.45) is 5.92 Å². The minimum atomic E-state index is 0.477. The van der Waals surface area contributed by atoms with E-state index < -0.39 is 0 Å². The molecule has 4 aromatic carbocycles. The van der Waals surface area contributed by atoms with Gasteiger partial charge in [0.2, 0.25) is 0 Å². The van der Waals surface area contributed by atoms with Crippen LogP contribution < -0.4 is 0 Å². The zero-order valence-corrected chi connectivity index (χ0v) is 17.3. The molecule has 0 saturated heterocycles. The second kappa shape index (κ2) is 6.88. The van der Waals surface area contributed by atoms with Crippen molar-refractivity contribution in [3.8, 4) is 11.1 Å². The monoisotopic (exact) mass is 387 g/mol. The number of fused-ring (bicyclic) bond motifs is 6. The molecule has 0 N–H and O–H groups in total. The average molecular weight is 388 g/mol. The highest BCUT2D eigenvalue weighted by Crippen LogP contribution is 2.48. The molecule has 0 amide bonds. The number of rotatable bonds is 4. The highest BCUT2D eigenvalue weighted by atomic mass is 15.0. The summed E-state index contributed by atoms with van der Waals surface area (Å²) in [7, 11) is 0. The van der Waals surface area contributed by atoms with E-state index in [4.69, 9.17) is 0 Å². The van der Waals surface area contributed by atoms with E-state index in [-0.39, 0.29) is 0 Å². The summed E-state index contributed by atoms with van der Waals surface area (Å²) in [5, 5.41) is 2.72. The van der Waals surface area contributed by atoms with Crippen LogP contribution in [-0.2, 0) is 6.54 Å². The van der Waals surface area contributed by atoms with E-state index >= 15 is 0 Å². The van der Waals surface area contributed by atoms with Crippen molar-refractivity contribution in [2.75, 3.05) is 0 Å². The largest absolute Gasteiger partial charge is 0.340 e. The Morgan fingerprint density at radius 2 is 1.10 bits per heavy atom. The number of para-hydroxylation sites is 2. The van der Waals surface area contributed by atoms with Gasteiger partial charge in [-0.05, 0) is 46.7 Å². The second-order valence-electron chi connectivity index (χ2n) is 8.60. The molecule has 1 heteroatoms. The first-order chi connectivity index (χ1) is 14.8. The Kier molecular flexibility index (Phi) is 4.02. The van der Waals surface area contributed by atoms with E-state index in [2.05, 4.69) is 109 Å². The summed E-state index contributed by atoms with van der Waals surface area (Å²) in [6.45, 7) is 3.47. The molecule has 5 aromatic rings. The van der Waals surface area contributed by atoms with Crippen LogP contribution in [0.2, 0.25) is 0 Å². The van der Waals surface area contributed by atoms with Gasteiger partial charge in [0, 0.05) is 34.3 Å². The van der Waals surface area contributed by atoms with Crippen molar-refractivity contribution < 1.29 is 0 Å². The Bertz CT molecular complexity index is 1280. The van der Waals surface area contributed by atoms with Crippen molar-refractivity contribution in [1.82, 2.24) is 4.57 Å². The smallest absolute Gasteiger partial charge is 0.0491 e. The summed E-state index contributed by atoms with van der Waals surface area (Å²) < 4.78 is 2.52. The molecule has 6 rings (SSSR count). The Hall–Kier alpha value is -3.32. The number of hydrogen-bond acceptors (Lipinski definition) is 0. The fourth-order valence-electron chi connectivity index (χ4n) is 5.55. The molecular weight excluding hydrogens is 362 g/mol. The second-order valence-corrected chi connectivity index (χ2v) is 8.60. The van der Waals surface area contributed by atoms with Gasteiger partial charge in [0.1, 0.15) is 0 Å². The van der Waals surface area contributed by atoms with E-state index in [9.17, 15) is 0 Å². The summed E-state index contributed by atoms with van der Waals surface area (Å²) >= 11 is 0. The van der Waals surface area contributed by atoms with E-state index in [0.717, 1.165) is 13.0 Å². The molecule has 1 aliphatic carbocycles. The normalized spacial score (nSPS) is 14.2. The van der Waals surface area contributed by atoms with Crippen LogP contribution in [0.15, 0.2) is 97.1 Å². The first-order valence-electron chi connectivity index (χ1n) is 11.0. The number of nitrogens with zero attached hydrogens (tertiary/aromatic N) is 1. The molecule has 1 aliphatic rings. The van der Waals surface area contributed by atoms with Crippen LogP contribution in [-0.4, -0.2) is 4.57 Å².